The maximum atomic E-state index is 13.7. The molecule has 0 bridgehead atoms. The van der Waals surface area contributed by atoms with Crippen LogP contribution in [-0.2, 0) is 11.2 Å². The molecular formula is C11H8FIO3. The van der Waals surface area contributed by atoms with E-state index in [1.165, 1.54) is 47.7 Å². The zero-order chi connectivity index (χ0) is 11.9. The molecule has 0 fully saturated rings. The predicted octanol–water partition coefficient (Wildman–Crippen LogP) is 2.45. The molecule has 84 valence electrons. The summed E-state index contributed by atoms with van der Waals surface area (Å²) in [4.78, 5) is 22.3. The second-order valence-corrected chi connectivity index (χ2v) is 5.33. The van der Waals surface area contributed by atoms with Gasteiger partial charge in [0.05, 0.1) is 0 Å². The first-order chi connectivity index (χ1) is 7.40. The lowest BCUT2D eigenvalue weighted by Gasteiger charge is -2.05. The van der Waals surface area contributed by atoms with Crippen LogP contribution in [0.25, 0.3) is 0 Å². The number of hydrogen-bond acceptors (Lipinski definition) is 3. The number of carbonyl (C=O) groups is 2. The molecule has 1 aliphatic rings. The zero-order valence-electron chi connectivity index (χ0n) is 8.42. The van der Waals surface area contributed by atoms with Gasteiger partial charge in [0, 0.05) is 18.9 Å². The van der Waals surface area contributed by atoms with E-state index in [2.05, 4.69) is 0 Å². The van der Waals surface area contributed by atoms with Crippen LogP contribution in [0.15, 0.2) is 18.2 Å². The van der Waals surface area contributed by atoms with Crippen LogP contribution in [0.3, 0.4) is 0 Å². The smallest absolute Gasteiger partial charge is 0.308 e. The molecule has 0 spiro atoms. The van der Waals surface area contributed by atoms with Crippen LogP contribution in [0.4, 0.5) is 4.39 Å². The summed E-state index contributed by atoms with van der Waals surface area (Å²) in [5.41, 5.74) is 0.952. The summed E-state index contributed by atoms with van der Waals surface area (Å²) >= 11 is 1.50. The number of ketones is 1. The Morgan fingerprint density at radius 1 is 1.56 bits per heavy atom. The van der Waals surface area contributed by atoms with E-state index in [0.29, 0.717) is 16.9 Å². The number of rotatable bonds is 1. The minimum Gasteiger partial charge on any atom is -0.427 e. The van der Waals surface area contributed by atoms with Gasteiger partial charge in [0.2, 0.25) is 9.46 Å². The average Bonchev–Trinajstić information content (AvgIpc) is 2.36. The van der Waals surface area contributed by atoms with Gasteiger partial charge < -0.3 is 4.74 Å². The van der Waals surface area contributed by atoms with Crippen LogP contribution in [0, 0.1) is 0 Å². The van der Waals surface area contributed by atoms with Crippen molar-refractivity contribution in [1.29, 1.82) is 0 Å². The van der Waals surface area contributed by atoms with E-state index in [1.54, 1.807) is 0 Å². The summed E-state index contributed by atoms with van der Waals surface area (Å²) in [6.07, 6.45) is 0.0246. The second-order valence-electron chi connectivity index (χ2n) is 3.62. The molecule has 0 heterocycles. The van der Waals surface area contributed by atoms with Crippen molar-refractivity contribution in [2.24, 2.45) is 0 Å². The number of fused-ring (bicyclic) bond motifs is 1. The van der Waals surface area contributed by atoms with Gasteiger partial charge in [-0.1, -0.05) is 0 Å². The molecule has 0 saturated heterocycles. The van der Waals surface area contributed by atoms with Gasteiger partial charge in [0.1, 0.15) is 5.75 Å². The molecule has 1 aromatic rings. The molecule has 3 nitrogen and oxygen atoms in total. The highest BCUT2D eigenvalue weighted by Crippen LogP contribution is 2.39. The minimum atomic E-state index is -1.87. The normalized spacial score (nSPS) is 23.1. The van der Waals surface area contributed by atoms with Gasteiger partial charge in [-0.05, 0) is 46.4 Å². The van der Waals surface area contributed by atoms with Gasteiger partial charge in [-0.15, -0.1) is 0 Å². The van der Waals surface area contributed by atoms with Crippen molar-refractivity contribution in [1.82, 2.24) is 0 Å². The highest BCUT2D eigenvalue weighted by Gasteiger charge is 2.43. The molecule has 0 saturated carbocycles. The number of benzene rings is 1. The lowest BCUT2D eigenvalue weighted by Crippen LogP contribution is -2.21. The van der Waals surface area contributed by atoms with E-state index in [-0.39, 0.29) is 6.42 Å². The summed E-state index contributed by atoms with van der Waals surface area (Å²) in [6, 6.07) is 4.53. The van der Waals surface area contributed by atoms with Crippen LogP contribution >= 0.6 is 22.6 Å². The Bertz CT molecular complexity index is 482. The number of esters is 1. The van der Waals surface area contributed by atoms with Crippen molar-refractivity contribution in [2.45, 2.75) is 17.0 Å². The van der Waals surface area contributed by atoms with E-state index >= 15 is 0 Å². The lowest BCUT2D eigenvalue weighted by atomic mass is 10.1. The number of halogens is 2. The topological polar surface area (TPSA) is 43.4 Å². The predicted molar refractivity (Wildman–Crippen MR) is 63.6 cm³/mol. The standard InChI is InChI=1S/C11H8FIO3/c1-6(14)16-8-2-3-9-7(4-8)5-11(12,13)10(9)15/h2-4H,5H2,1H3. The molecule has 1 unspecified atom stereocenters. The molecule has 0 amide bonds. The fraction of sp³-hybridized carbons (Fsp3) is 0.273. The van der Waals surface area contributed by atoms with Crippen molar-refractivity contribution >= 4 is 34.3 Å². The number of ether oxygens (including phenoxy) is 1. The summed E-state index contributed by atoms with van der Waals surface area (Å²) in [5, 5.41) is 0. The van der Waals surface area contributed by atoms with Gasteiger partial charge in [-0.2, -0.15) is 0 Å². The fourth-order valence-electron chi connectivity index (χ4n) is 1.68. The summed E-state index contributed by atoms with van der Waals surface area (Å²) in [5.74, 6) is -0.615. The molecular weight excluding hydrogens is 326 g/mol. The lowest BCUT2D eigenvalue weighted by molar-refractivity contribution is -0.131. The molecule has 0 radical (unpaired) electrons. The van der Waals surface area contributed by atoms with E-state index in [4.69, 9.17) is 4.74 Å². The minimum absolute atomic E-state index is 0.0246. The highest BCUT2D eigenvalue weighted by atomic mass is 127. The largest absolute Gasteiger partial charge is 0.427 e. The number of hydrogen-bond donors (Lipinski definition) is 0. The first-order valence-corrected chi connectivity index (χ1v) is 5.72. The van der Waals surface area contributed by atoms with Gasteiger partial charge >= 0.3 is 5.97 Å². The molecule has 1 aliphatic carbocycles. The molecule has 0 aromatic heterocycles. The number of carbonyl (C=O) groups excluding carboxylic acids is 2. The SMILES string of the molecule is CC(=O)Oc1ccc2c(c1)CC(F)(I)C2=O. The van der Waals surface area contributed by atoms with E-state index in [1.807, 2.05) is 0 Å². The summed E-state index contributed by atoms with van der Waals surface area (Å²) in [7, 11) is 0. The molecule has 0 aliphatic heterocycles. The van der Waals surface area contributed by atoms with Crippen molar-refractivity contribution in [3.63, 3.8) is 0 Å². The van der Waals surface area contributed by atoms with Crippen LogP contribution in [0.1, 0.15) is 22.8 Å². The third kappa shape index (κ3) is 1.95. The van der Waals surface area contributed by atoms with E-state index in [9.17, 15) is 14.0 Å². The van der Waals surface area contributed by atoms with E-state index in [0.717, 1.165) is 0 Å². The van der Waals surface area contributed by atoms with E-state index < -0.39 is 15.4 Å². The van der Waals surface area contributed by atoms with Crippen molar-refractivity contribution in [2.75, 3.05) is 0 Å². The Morgan fingerprint density at radius 2 is 2.25 bits per heavy atom. The Hall–Kier alpha value is -0.980. The number of alkyl halides is 2. The quantitative estimate of drug-likeness (QED) is 0.343. The summed E-state index contributed by atoms with van der Waals surface area (Å²) < 4.78 is 16.7. The molecule has 16 heavy (non-hydrogen) atoms. The maximum absolute atomic E-state index is 13.7. The Morgan fingerprint density at radius 3 is 2.88 bits per heavy atom. The fourth-order valence-corrected chi connectivity index (χ4v) is 2.39. The van der Waals surface area contributed by atoms with Gasteiger partial charge in [-0.3, -0.25) is 9.59 Å². The van der Waals surface area contributed by atoms with Crippen molar-refractivity contribution < 1.29 is 18.7 Å². The molecule has 1 atom stereocenters. The molecule has 2 rings (SSSR count). The van der Waals surface area contributed by atoms with Crippen LogP contribution in [-0.4, -0.2) is 15.4 Å². The first kappa shape index (κ1) is 11.5. The second kappa shape index (κ2) is 3.80. The third-order valence-electron chi connectivity index (χ3n) is 2.33. The van der Waals surface area contributed by atoms with Gasteiger partial charge in [-0.25, -0.2) is 4.39 Å². The Kier molecular flexibility index (Phi) is 2.73. The number of Topliss-reactive ketones (excluding diaryl/α,β-unsaturated/α-hetero) is 1. The molecule has 5 heteroatoms. The monoisotopic (exact) mass is 334 g/mol. The first-order valence-electron chi connectivity index (χ1n) is 4.64. The van der Waals surface area contributed by atoms with Crippen molar-refractivity contribution in [3.8, 4) is 5.75 Å². The molecule has 0 N–H and O–H groups in total. The zero-order valence-corrected chi connectivity index (χ0v) is 10.6. The Labute approximate surface area is 105 Å². The van der Waals surface area contributed by atoms with Crippen LogP contribution < -0.4 is 4.74 Å². The van der Waals surface area contributed by atoms with Gasteiger partial charge in [0.15, 0.2) is 0 Å². The highest BCUT2D eigenvalue weighted by molar-refractivity contribution is 14.1. The van der Waals surface area contributed by atoms with Crippen LogP contribution in [0.2, 0.25) is 0 Å². The average molecular weight is 334 g/mol. The third-order valence-corrected chi connectivity index (χ3v) is 3.20. The van der Waals surface area contributed by atoms with Crippen molar-refractivity contribution in [3.05, 3.63) is 29.3 Å². The van der Waals surface area contributed by atoms with Crippen LogP contribution in [0.5, 0.6) is 5.75 Å². The summed E-state index contributed by atoms with van der Waals surface area (Å²) in [6.45, 7) is 1.29. The Balaban J connectivity index is 2.37. The maximum Gasteiger partial charge on any atom is 0.308 e. The van der Waals surface area contributed by atoms with Gasteiger partial charge in [0.25, 0.3) is 0 Å². The molecule has 1 aromatic carbocycles.